The SMILES string of the molecule is C=CCn1c(SC(C)C(=O)N2CCc3ccccc32)nnc1-c1ccccc1OC. The molecule has 0 bridgehead atoms. The van der Waals surface area contributed by atoms with Crippen LogP contribution in [0.3, 0.4) is 0 Å². The first-order chi connectivity index (χ1) is 14.6. The Morgan fingerprint density at radius 3 is 2.80 bits per heavy atom. The lowest BCUT2D eigenvalue weighted by molar-refractivity contribution is -0.117. The van der Waals surface area contributed by atoms with E-state index < -0.39 is 0 Å². The maximum atomic E-state index is 13.2. The number of fused-ring (bicyclic) bond motifs is 1. The predicted octanol–water partition coefficient (Wildman–Crippen LogP) is 4.21. The van der Waals surface area contributed by atoms with Gasteiger partial charge < -0.3 is 9.64 Å². The van der Waals surface area contributed by atoms with Crippen LogP contribution in [0.2, 0.25) is 0 Å². The van der Waals surface area contributed by atoms with E-state index in [0.717, 1.165) is 30.0 Å². The molecule has 1 amide bonds. The number of carbonyl (C=O) groups excluding carboxylic acids is 1. The molecule has 2 aromatic carbocycles. The second-order valence-corrected chi connectivity index (χ2v) is 8.34. The Labute approximate surface area is 180 Å². The lowest BCUT2D eigenvalue weighted by Gasteiger charge is -2.21. The second-order valence-electron chi connectivity index (χ2n) is 7.03. The highest BCUT2D eigenvalue weighted by Gasteiger charge is 2.29. The molecule has 3 aromatic rings. The topological polar surface area (TPSA) is 60.2 Å². The number of allylic oxidation sites excluding steroid dienone is 1. The first-order valence-corrected chi connectivity index (χ1v) is 10.8. The van der Waals surface area contributed by atoms with Gasteiger partial charge in [-0.2, -0.15) is 0 Å². The summed E-state index contributed by atoms with van der Waals surface area (Å²) in [5.41, 5.74) is 3.09. The Morgan fingerprint density at radius 1 is 1.23 bits per heavy atom. The average Bonchev–Trinajstić information content (AvgIpc) is 3.38. The number of rotatable bonds is 7. The van der Waals surface area contributed by atoms with Gasteiger partial charge in [-0.25, -0.2) is 0 Å². The van der Waals surface area contributed by atoms with E-state index in [2.05, 4.69) is 22.8 Å². The molecular formula is C23H24N4O2S. The molecule has 0 radical (unpaired) electrons. The van der Waals surface area contributed by atoms with Crippen LogP contribution in [-0.2, 0) is 17.8 Å². The fourth-order valence-electron chi connectivity index (χ4n) is 3.69. The molecule has 6 nitrogen and oxygen atoms in total. The van der Waals surface area contributed by atoms with Crippen LogP contribution in [-0.4, -0.2) is 39.6 Å². The van der Waals surface area contributed by atoms with Gasteiger partial charge in [-0.3, -0.25) is 9.36 Å². The molecule has 154 valence electrons. The van der Waals surface area contributed by atoms with E-state index in [-0.39, 0.29) is 11.2 Å². The summed E-state index contributed by atoms with van der Waals surface area (Å²) in [4.78, 5) is 15.0. The van der Waals surface area contributed by atoms with E-state index in [1.54, 1.807) is 13.2 Å². The monoisotopic (exact) mass is 420 g/mol. The molecule has 0 saturated carbocycles. The fourth-order valence-corrected chi connectivity index (χ4v) is 4.61. The summed E-state index contributed by atoms with van der Waals surface area (Å²) in [6, 6.07) is 15.8. The van der Waals surface area contributed by atoms with E-state index in [0.29, 0.717) is 17.5 Å². The number of hydrogen-bond acceptors (Lipinski definition) is 5. The Hall–Kier alpha value is -3.06. The number of ether oxygens (including phenoxy) is 1. The first kappa shape index (κ1) is 20.2. The summed E-state index contributed by atoms with van der Waals surface area (Å²) < 4.78 is 7.46. The van der Waals surface area contributed by atoms with Crippen LogP contribution < -0.4 is 9.64 Å². The van der Waals surface area contributed by atoms with Crippen molar-refractivity contribution in [2.75, 3.05) is 18.6 Å². The molecule has 4 rings (SSSR count). The van der Waals surface area contributed by atoms with Crippen molar-refractivity contribution in [2.45, 2.75) is 30.3 Å². The smallest absolute Gasteiger partial charge is 0.240 e. The largest absolute Gasteiger partial charge is 0.496 e. The van der Waals surface area contributed by atoms with Crippen molar-refractivity contribution in [3.8, 4) is 17.1 Å². The number of methoxy groups -OCH3 is 1. The van der Waals surface area contributed by atoms with Crippen LogP contribution in [0.25, 0.3) is 11.4 Å². The zero-order chi connectivity index (χ0) is 21.1. The van der Waals surface area contributed by atoms with Crippen LogP contribution >= 0.6 is 11.8 Å². The lowest BCUT2D eigenvalue weighted by atomic mass is 10.2. The molecule has 0 saturated heterocycles. The number of hydrogen-bond donors (Lipinski definition) is 0. The first-order valence-electron chi connectivity index (χ1n) is 9.87. The van der Waals surface area contributed by atoms with E-state index in [4.69, 9.17) is 4.74 Å². The lowest BCUT2D eigenvalue weighted by Crippen LogP contribution is -2.35. The number of carbonyl (C=O) groups is 1. The number of thioether (sulfide) groups is 1. The predicted molar refractivity (Wildman–Crippen MR) is 120 cm³/mol. The van der Waals surface area contributed by atoms with E-state index in [9.17, 15) is 4.79 Å². The average molecular weight is 421 g/mol. The highest BCUT2D eigenvalue weighted by molar-refractivity contribution is 8.00. The molecule has 0 fully saturated rings. The van der Waals surface area contributed by atoms with Gasteiger partial charge in [0, 0.05) is 18.8 Å². The van der Waals surface area contributed by atoms with Crippen molar-refractivity contribution < 1.29 is 9.53 Å². The van der Waals surface area contributed by atoms with E-state index >= 15 is 0 Å². The van der Waals surface area contributed by atoms with E-state index in [1.165, 1.54) is 17.3 Å². The number of anilines is 1. The van der Waals surface area contributed by atoms with Gasteiger partial charge in [0.2, 0.25) is 5.91 Å². The third kappa shape index (κ3) is 3.73. The Morgan fingerprint density at radius 2 is 2.00 bits per heavy atom. The minimum atomic E-state index is -0.297. The second kappa shape index (κ2) is 8.75. The molecule has 0 aliphatic carbocycles. The molecule has 1 unspecified atom stereocenters. The van der Waals surface area contributed by atoms with Crippen LogP contribution in [0.5, 0.6) is 5.75 Å². The van der Waals surface area contributed by atoms with Crippen molar-refractivity contribution in [1.29, 1.82) is 0 Å². The minimum absolute atomic E-state index is 0.0805. The van der Waals surface area contributed by atoms with Crippen LogP contribution in [0.1, 0.15) is 12.5 Å². The molecule has 2 heterocycles. The summed E-state index contributed by atoms with van der Waals surface area (Å²) in [7, 11) is 1.64. The molecule has 1 aromatic heterocycles. The minimum Gasteiger partial charge on any atom is -0.496 e. The Bertz CT molecular complexity index is 1080. The van der Waals surface area contributed by atoms with Gasteiger partial charge in [-0.1, -0.05) is 48.2 Å². The van der Waals surface area contributed by atoms with Crippen molar-refractivity contribution in [1.82, 2.24) is 14.8 Å². The van der Waals surface area contributed by atoms with Gasteiger partial charge in [-0.05, 0) is 37.1 Å². The van der Waals surface area contributed by atoms with Gasteiger partial charge in [0.05, 0.1) is 17.9 Å². The quantitative estimate of drug-likeness (QED) is 0.423. The summed E-state index contributed by atoms with van der Waals surface area (Å²) >= 11 is 1.42. The van der Waals surface area contributed by atoms with Crippen molar-refractivity contribution in [2.24, 2.45) is 0 Å². The standard InChI is InChI=1S/C23H24N4O2S/c1-4-14-27-21(18-10-6-8-12-20(18)29-3)24-25-23(27)30-16(2)22(28)26-15-13-17-9-5-7-11-19(17)26/h4-12,16H,1,13-15H2,2-3H3. The van der Waals surface area contributed by atoms with Crippen molar-refractivity contribution in [3.63, 3.8) is 0 Å². The number of benzene rings is 2. The molecule has 1 aliphatic rings. The summed E-state index contributed by atoms with van der Waals surface area (Å²) in [6.07, 6.45) is 2.69. The molecule has 30 heavy (non-hydrogen) atoms. The zero-order valence-corrected chi connectivity index (χ0v) is 17.9. The maximum Gasteiger partial charge on any atom is 0.240 e. The molecule has 1 aliphatic heterocycles. The van der Waals surface area contributed by atoms with Gasteiger partial charge in [0.25, 0.3) is 0 Å². The van der Waals surface area contributed by atoms with E-state index in [1.807, 2.05) is 58.9 Å². The normalized spacial score (nSPS) is 13.7. The van der Waals surface area contributed by atoms with Gasteiger partial charge in [0.15, 0.2) is 11.0 Å². The number of aromatic nitrogens is 3. The fraction of sp³-hybridized carbons (Fsp3) is 0.261. The van der Waals surface area contributed by atoms with Crippen LogP contribution in [0, 0.1) is 0 Å². The van der Waals surface area contributed by atoms with Gasteiger partial charge in [0.1, 0.15) is 5.75 Å². The Kier molecular flexibility index (Phi) is 5.90. The summed E-state index contributed by atoms with van der Waals surface area (Å²) in [5, 5.41) is 9.17. The highest BCUT2D eigenvalue weighted by atomic mass is 32.2. The molecule has 7 heteroatoms. The third-order valence-electron chi connectivity index (χ3n) is 5.16. The molecule has 0 spiro atoms. The van der Waals surface area contributed by atoms with Crippen molar-refractivity contribution >= 4 is 23.4 Å². The zero-order valence-electron chi connectivity index (χ0n) is 17.1. The van der Waals surface area contributed by atoms with Gasteiger partial charge in [-0.15, -0.1) is 16.8 Å². The molecule has 1 atom stereocenters. The third-order valence-corrected chi connectivity index (χ3v) is 6.23. The highest BCUT2D eigenvalue weighted by Crippen LogP contribution is 2.34. The molecule has 0 N–H and O–H groups in total. The molecular weight excluding hydrogens is 396 g/mol. The van der Waals surface area contributed by atoms with Gasteiger partial charge >= 0.3 is 0 Å². The van der Waals surface area contributed by atoms with Crippen LogP contribution in [0.4, 0.5) is 5.69 Å². The summed E-state index contributed by atoms with van der Waals surface area (Å²) in [5.74, 6) is 1.50. The number of amides is 1. The maximum absolute atomic E-state index is 13.2. The van der Waals surface area contributed by atoms with Crippen LogP contribution in [0.15, 0.2) is 66.3 Å². The van der Waals surface area contributed by atoms with Crippen molar-refractivity contribution in [3.05, 3.63) is 66.7 Å². The number of nitrogens with zero attached hydrogens (tertiary/aromatic N) is 4. The number of para-hydroxylation sites is 2. The summed E-state index contributed by atoms with van der Waals surface area (Å²) in [6.45, 7) is 7.04. The Balaban J connectivity index is 1.60.